The normalized spacial score (nSPS) is 15.9. The summed E-state index contributed by atoms with van der Waals surface area (Å²) in [5.74, 6) is 0.570. The van der Waals surface area contributed by atoms with Gasteiger partial charge in [0.15, 0.2) is 6.10 Å². The number of anilines is 1. The molecule has 0 unspecified atom stereocenters. The van der Waals surface area contributed by atoms with Crippen molar-refractivity contribution in [3.63, 3.8) is 0 Å². The fourth-order valence-corrected chi connectivity index (χ4v) is 3.42. The van der Waals surface area contributed by atoms with Crippen LogP contribution in [0.25, 0.3) is 0 Å². The van der Waals surface area contributed by atoms with Gasteiger partial charge in [-0.15, -0.1) is 0 Å². The summed E-state index contributed by atoms with van der Waals surface area (Å²) in [4.78, 5) is 26.8. The molecule has 27 heavy (non-hydrogen) atoms. The quantitative estimate of drug-likeness (QED) is 0.776. The molecule has 0 aromatic heterocycles. The van der Waals surface area contributed by atoms with Gasteiger partial charge in [0.25, 0.3) is 5.91 Å². The highest BCUT2D eigenvalue weighted by atomic mass is 79.9. The third-order valence-corrected chi connectivity index (χ3v) is 5.22. The Morgan fingerprint density at radius 2 is 1.70 bits per heavy atom. The van der Waals surface area contributed by atoms with Crippen molar-refractivity contribution in [1.82, 2.24) is 4.90 Å². The maximum atomic E-state index is 12.6. The number of piperidine rings is 1. The van der Waals surface area contributed by atoms with Gasteiger partial charge in [0.05, 0.1) is 0 Å². The smallest absolute Gasteiger partial charge is 0.263 e. The number of benzene rings is 2. The Balaban J connectivity index is 1.48. The van der Waals surface area contributed by atoms with Gasteiger partial charge in [0.1, 0.15) is 5.75 Å². The van der Waals surface area contributed by atoms with Gasteiger partial charge in [-0.2, -0.15) is 0 Å². The monoisotopic (exact) mass is 430 g/mol. The summed E-state index contributed by atoms with van der Waals surface area (Å²) in [5.41, 5.74) is 0.803. The van der Waals surface area contributed by atoms with Crippen molar-refractivity contribution >= 4 is 33.4 Å². The first-order valence-electron chi connectivity index (χ1n) is 9.10. The summed E-state index contributed by atoms with van der Waals surface area (Å²) in [7, 11) is 0. The molecule has 2 aromatic carbocycles. The van der Waals surface area contributed by atoms with E-state index in [0.717, 1.165) is 10.2 Å². The third-order valence-electron chi connectivity index (χ3n) is 4.69. The number of rotatable bonds is 5. The first-order chi connectivity index (χ1) is 13.0. The van der Waals surface area contributed by atoms with Crippen LogP contribution in [0, 0.1) is 5.92 Å². The molecular weight excluding hydrogens is 408 g/mol. The molecular formula is C21H23BrN2O3. The molecule has 1 aliphatic rings. The predicted octanol–water partition coefficient (Wildman–Crippen LogP) is 4.09. The largest absolute Gasteiger partial charge is 0.481 e. The van der Waals surface area contributed by atoms with E-state index in [2.05, 4.69) is 21.2 Å². The topological polar surface area (TPSA) is 58.6 Å². The summed E-state index contributed by atoms with van der Waals surface area (Å²) in [6.45, 7) is 2.90. The molecule has 0 saturated carbocycles. The Labute approximate surface area is 167 Å². The molecule has 0 radical (unpaired) electrons. The van der Waals surface area contributed by atoms with Crippen LogP contribution in [-0.2, 0) is 9.59 Å². The SMILES string of the molecule is C[C@@H](Oc1ccc(Br)cc1)C(=O)N1CCC(C(=O)Nc2ccccc2)CC1. The fraction of sp³-hybridized carbons (Fsp3) is 0.333. The molecule has 2 aromatic rings. The molecule has 1 atom stereocenters. The Hall–Kier alpha value is -2.34. The standard InChI is InChI=1S/C21H23BrN2O3/c1-15(27-19-9-7-17(22)8-10-19)21(26)24-13-11-16(12-14-24)20(25)23-18-5-3-2-4-6-18/h2-10,15-16H,11-14H2,1H3,(H,23,25)/t15-/m1/s1. The van der Waals surface area contributed by atoms with Crippen LogP contribution in [0.3, 0.4) is 0 Å². The molecule has 5 nitrogen and oxygen atoms in total. The van der Waals surface area contributed by atoms with E-state index in [1.54, 1.807) is 11.8 Å². The number of likely N-dealkylation sites (tertiary alicyclic amines) is 1. The molecule has 1 fully saturated rings. The van der Waals surface area contributed by atoms with Gasteiger partial charge in [0, 0.05) is 29.2 Å². The molecule has 1 saturated heterocycles. The van der Waals surface area contributed by atoms with E-state index in [-0.39, 0.29) is 17.7 Å². The van der Waals surface area contributed by atoms with Crippen LogP contribution in [0.4, 0.5) is 5.69 Å². The van der Waals surface area contributed by atoms with E-state index in [4.69, 9.17) is 4.74 Å². The number of amides is 2. The summed E-state index contributed by atoms with van der Waals surface area (Å²) in [6.07, 6.45) is 0.769. The molecule has 0 aliphatic carbocycles. The third kappa shape index (κ3) is 5.32. The number of nitrogens with one attached hydrogen (secondary N) is 1. The summed E-state index contributed by atoms with van der Waals surface area (Å²) in [6, 6.07) is 16.9. The van der Waals surface area contributed by atoms with Crippen LogP contribution in [0.2, 0.25) is 0 Å². The number of carbonyl (C=O) groups is 2. The molecule has 2 amide bonds. The minimum absolute atomic E-state index is 0.0208. The molecule has 0 bridgehead atoms. The number of nitrogens with zero attached hydrogens (tertiary/aromatic N) is 1. The number of para-hydroxylation sites is 1. The molecule has 6 heteroatoms. The number of carbonyl (C=O) groups excluding carboxylic acids is 2. The average Bonchev–Trinajstić information content (AvgIpc) is 2.70. The van der Waals surface area contributed by atoms with E-state index < -0.39 is 6.10 Å². The molecule has 142 valence electrons. The van der Waals surface area contributed by atoms with Crippen LogP contribution in [0.15, 0.2) is 59.1 Å². The minimum Gasteiger partial charge on any atom is -0.481 e. The molecule has 1 aliphatic heterocycles. The van der Waals surface area contributed by atoms with Gasteiger partial charge in [-0.05, 0) is 56.2 Å². The fourth-order valence-electron chi connectivity index (χ4n) is 3.15. The molecule has 1 heterocycles. The predicted molar refractivity (Wildman–Crippen MR) is 109 cm³/mol. The van der Waals surface area contributed by atoms with Crippen molar-refractivity contribution in [3.05, 3.63) is 59.1 Å². The Morgan fingerprint density at radius 3 is 2.33 bits per heavy atom. The van der Waals surface area contributed by atoms with Gasteiger partial charge in [-0.1, -0.05) is 34.1 Å². The van der Waals surface area contributed by atoms with E-state index in [0.29, 0.717) is 31.7 Å². The van der Waals surface area contributed by atoms with Crippen molar-refractivity contribution < 1.29 is 14.3 Å². The zero-order valence-corrected chi connectivity index (χ0v) is 16.8. The Morgan fingerprint density at radius 1 is 1.07 bits per heavy atom. The van der Waals surface area contributed by atoms with E-state index in [9.17, 15) is 9.59 Å². The van der Waals surface area contributed by atoms with Crippen molar-refractivity contribution in [1.29, 1.82) is 0 Å². The maximum absolute atomic E-state index is 12.6. The minimum atomic E-state index is -0.555. The molecule has 1 N–H and O–H groups in total. The van der Waals surface area contributed by atoms with Gasteiger partial charge < -0.3 is 15.0 Å². The number of hydrogen-bond donors (Lipinski definition) is 1. The lowest BCUT2D eigenvalue weighted by Gasteiger charge is -2.33. The summed E-state index contributed by atoms with van der Waals surface area (Å²) >= 11 is 3.38. The first kappa shape index (κ1) is 19.4. The van der Waals surface area contributed by atoms with Crippen molar-refractivity contribution in [2.24, 2.45) is 5.92 Å². The second-order valence-electron chi connectivity index (χ2n) is 6.67. The Bertz CT molecular complexity index is 772. The van der Waals surface area contributed by atoms with Crippen molar-refractivity contribution in [3.8, 4) is 5.75 Å². The van der Waals surface area contributed by atoms with Crippen LogP contribution < -0.4 is 10.1 Å². The highest BCUT2D eigenvalue weighted by Crippen LogP contribution is 2.22. The van der Waals surface area contributed by atoms with Crippen molar-refractivity contribution in [2.45, 2.75) is 25.9 Å². The van der Waals surface area contributed by atoms with Gasteiger partial charge in [-0.3, -0.25) is 9.59 Å². The average molecular weight is 431 g/mol. The van der Waals surface area contributed by atoms with Crippen molar-refractivity contribution in [2.75, 3.05) is 18.4 Å². The summed E-state index contributed by atoms with van der Waals surface area (Å²) in [5, 5.41) is 2.94. The van der Waals surface area contributed by atoms with Gasteiger partial charge in [-0.25, -0.2) is 0 Å². The van der Waals surface area contributed by atoms with E-state index in [1.165, 1.54) is 0 Å². The zero-order chi connectivity index (χ0) is 19.2. The highest BCUT2D eigenvalue weighted by molar-refractivity contribution is 9.10. The van der Waals surface area contributed by atoms with Crippen LogP contribution in [-0.4, -0.2) is 35.9 Å². The highest BCUT2D eigenvalue weighted by Gasteiger charge is 2.30. The lowest BCUT2D eigenvalue weighted by Crippen LogP contribution is -2.46. The number of hydrogen-bond acceptors (Lipinski definition) is 3. The van der Waals surface area contributed by atoms with E-state index in [1.807, 2.05) is 54.6 Å². The molecule has 0 spiro atoms. The first-order valence-corrected chi connectivity index (χ1v) is 9.89. The maximum Gasteiger partial charge on any atom is 0.263 e. The second kappa shape index (κ2) is 9.04. The lowest BCUT2D eigenvalue weighted by atomic mass is 9.95. The van der Waals surface area contributed by atoms with Gasteiger partial charge >= 0.3 is 0 Å². The lowest BCUT2D eigenvalue weighted by molar-refractivity contribution is -0.140. The second-order valence-corrected chi connectivity index (χ2v) is 7.58. The van der Waals surface area contributed by atoms with Gasteiger partial charge in [0.2, 0.25) is 5.91 Å². The Kier molecular flexibility index (Phi) is 6.50. The van der Waals surface area contributed by atoms with Crippen LogP contribution in [0.5, 0.6) is 5.75 Å². The summed E-state index contributed by atoms with van der Waals surface area (Å²) < 4.78 is 6.71. The van der Waals surface area contributed by atoms with Crippen LogP contribution in [0.1, 0.15) is 19.8 Å². The van der Waals surface area contributed by atoms with Crippen LogP contribution >= 0.6 is 15.9 Å². The van der Waals surface area contributed by atoms with E-state index >= 15 is 0 Å². The molecule has 3 rings (SSSR count). The zero-order valence-electron chi connectivity index (χ0n) is 15.2. The number of ether oxygens (including phenoxy) is 1. The number of halogens is 1.